The Balaban J connectivity index is 2.64. The second kappa shape index (κ2) is 11.7. The summed E-state index contributed by atoms with van der Waals surface area (Å²) in [6.07, 6.45) is 3.08. The Morgan fingerprint density at radius 2 is 2.00 bits per heavy atom. The highest BCUT2D eigenvalue weighted by Gasteiger charge is 2.06. The lowest BCUT2D eigenvalue weighted by Crippen LogP contribution is -2.19. The molecule has 0 aliphatic heterocycles. The molecule has 0 radical (unpaired) electrons. The van der Waals surface area contributed by atoms with Gasteiger partial charge in [0, 0.05) is 37.6 Å². The molecule has 1 N–H and O–H groups in total. The van der Waals surface area contributed by atoms with Crippen LogP contribution >= 0.6 is 11.8 Å². The number of hydrogen-bond donors (Lipinski definition) is 1. The summed E-state index contributed by atoms with van der Waals surface area (Å²) >= 11 is 1.78. The van der Waals surface area contributed by atoms with E-state index in [1.54, 1.807) is 18.9 Å². The van der Waals surface area contributed by atoms with Crippen LogP contribution in [0, 0.1) is 0 Å². The summed E-state index contributed by atoms with van der Waals surface area (Å²) in [4.78, 5) is 0. The van der Waals surface area contributed by atoms with Crippen LogP contribution < -0.4 is 14.8 Å². The number of nitrogens with one attached hydrogen (secondary N) is 1. The van der Waals surface area contributed by atoms with Gasteiger partial charge in [-0.25, -0.2) is 0 Å². The van der Waals surface area contributed by atoms with Crippen molar-refractivity contribution in [3.63, 3.8) is 0 Å². The Morgan fingerprint density at radius 3 is 2.71 bits per heavy atom. The highest BCUT2D eigenvalue weighted by atomic mass is 32.2. The zero-order valence-electron chi connectivity index (χ0n) is 13.3. The Kier molecular flexibility index (Phi) is 10.1. The minimum atomic E-state index is 0.709. The molecule has 0 aliphatic rings. The molecule has 0 amide bonds. The van der Waals surface area contributed by atoms with Gasteiger partial charge in [0.2, 0.25) is 0 Å². The first-order valence-corrected chi connectivity index (χ1v) is 8.78. The van der Waals surface area contributed by atoms with Crippen molar-refractivity contribution in [3.8, 4) is 11.5 Å². The van der Waals surface area contributed by atoms with E-state index < -0.39 is 0 Å². The minimum Gasteiger partial charge on any atom is -0.493 e. The Labute approximate surface area is 132 Å². The van der Waals surface area contributed by atoms with Gasteiger partial charge in [-0.2, -0.15) is 11.8 Å². The third kappa shape index (κ3) is 7.60. The average Bonchev–Trinajstić information content (AvgIpc) is 2.51. The molecule has 5 heteroatoms. The molecule has 0 saturated heterocycles. The molecular formula is C16H27NO3S. The largest absolute Gasteiger partial charge is 0.493 e. The van der Waals surface area contributed by atoms with Crippen molar-refractivity contribution in [2.75, 3.05) is 45.5 Å². The summed E-state index contributed by atoms with van der Waals surface area (Å²) in [5.41, 5.74) is 1.15. The Hall–Kier alpha value is -0.910. The van der Waals surface area contributed by atoms with Gasteiger partial charge in [-0.3, -0.25) is 0 Å². The smallest absolute Gasteiger partial charge is 0.127 e. The van der Waals surface area contributed by atoms with Gasteiger partial charge in [0.25, 0.3) is 0 Å². The number of methoxy groups -OCH3 is 1. The number of benzene rings is 1. The van der Waals surface area contributed by atoms with Crippen LogP contribution in [0.4, 0.5) is 0 Å². The van der Waals surface area contributed by atoms with Gasteiger partial charge in [0.1, 0.15) is 11.5 Å². The molecule has 0 aliphatic carbocycles. The fourth-order valence-corrected chi connectivity index (χ4v) is 2.01. The average molecular weight is 313 g/mol. The number of hydrogen-bond acceptors (Lipinski definition) is 5. The van der Waals surface area contributed by atoms with Crippen LogP contribution in [0.15, 0.2) is 18.2 Å². The predicted molar refractivity (Wildman–Crippen MR) is 89.7 cm³/mol. The lowest BCUT2D eigenvalue weighted by atomic mass is 10.2. The third-order valence-electron chi connectivity index (χ3n) is 2.85. The van der Waals surface area contributed by atoms with Gasteiger partial charge in [-0.15, -0.1) is 0 Å². The van der Waals surface area contributed by atoms with E-state index >= 15 is 0 Å². The van der Waals surface area contributed by atoms with Crippen molar-refractivity contribution in [2.24, 2.45) is 0 Å². The fourth-order valence-electron chi connectivity index (χ4n) is 1.76. The summed E-state index contributed by atoms with van der Waals surface area (Å²) in [6, 6.07) is 6.06. The van der Waals surface area contributed by atoms with Crippen molar-refractivity contribution in [1.29, 1.82) is 0 Å². The first-order valence-electron chi connectivity index (χ1n) is 7.39. The molecule has 0 atom stereocenters. The van der Waals surface area contributed by atoms with E-state index in [9.17, 15) is 0 Å². The highest BCUT2D eigenvalue weighted by Crippen LogP contribution is 2.25. The summed E-state index contributed by atoms with van der Waals surface area (Å²) in [5.74, 6) is 2.76. The summed E-state index contributed by atoms with van der Waals surface area (Å²) in [5, 5.41) is 3.35. The molecule has 120 valence electrons. The number of thioether (sulfide) groups is 1. The molecule has 4 nitrogen and oxygen atoms in total. The van der Waals surface area contributed by atoms with Crippen molar-refractivity contribution in [2.45, 2.75) is 19.9 Å². The Bertz CT molecular complexity index is 388. The third-order valence-corrected chi connectivity index (χ3v) is 3.43. The van der Waals surface area contributed by atoms with E-state index in [0.717, 1.165) is 48.9 Å². The van der Waals surface area contributed by atoms with E-state index in [1.807, 2.05) is 12.1 Å². The second-order valence-electron chi connectivity index (χ2n) is 4.63. The van der Waals surface area contributed by atoms with Crippen molar-refractivity contribution in [1.82, 2.24) is 5.32 Å². The van der Waals surface area contributed by atoms with E-state index in [-0.39, 0.29) is 0 Å². The van der Waals surface area contributed by atoms with Gasteiger partial charge in [-0.1, -0.05) is 13.0 Å². The zero-order chi connectivity index (χ0) is 15.3. The molecule has 21 heavy (non-hydrogen) atoms. The number of ether oxygens (including phenoxy) is 3. The maximum absolute atomic E-state index is 5.88. The molecular weight excluding hydrogens is 286 g/mol. The van der Waals surface area contributed by atoms with Crippen LogP contribution in [0.5, 0.6) is 11.5 Å². The van der Waals surface area contributed by atoms with Crippen LogP contribution in [-0.2, 0) is 11.3 Å². The fraction of sp³-hybridized carbons (Fsp3) is 0.625. The van der Waals surface area contributed by atoms with Gasteiger partial charge in [-0.05, 0) is 18.7 Å². The highest BCUT2D eigenvalue weighted by molar-refractivity contribution is 7.98. The summed E-state index contributed by atoms with van der Waals surface area (Å²) in [6.45, 7) is 5.85. The molecule has 0 unspecified atom stereocenters. The summed E-state index contributed by atoms with van der Waals surface area (Å²) in [7, 11) is 1.71. The van der Waals surface area contributed by atoms with E-state index in [4.69, 9.17) is 14.2 Å². The molecule has 0 aromatic heterocycles. The van der Waals surface area contributed by atoms with Gasteiger partial charge in [0.15, 0.2) is 0 Å². The predicted octanol–water partition coefficient (Wildman–Crippen LogP) is 2.95. The van der Waals surface area contributed by atoms with E-state index in [2.05, 4.69) is 24.6 Å². The van der Waals surface area contributed by atoms with Crippen molar-refractivity contribution >= 4 is 11.8 Å². The molecule has 1 aromatic rings. The lowest BCUT2D eigenvalue weighted by Gasteiger charge is -2.14. The maximum Gasteiger partial charge on any atom is 0.127 e. The maximum atomic E-state index is 5.88. The summed E-state index contributed by atoms with van der Waals surface area (Å²) < 4.78 is 16.6. The first kappa shape index (κ1) is 18.1. The van der Waals surface area contributed by atoms with Gasteiger partial charge in [0.05, 0.1) is 19.8 Å². The SMILES string of the molecule is CCCOc1ccc(CNCCOC)c(OCCSC)c1. The second-order valence-corrected chi connectivity index (χ2v) is 5.61. The minimum absolute atomic E-state index is 0.709. The molecule has 0 saturated carbocycles. The van der Waals surface area contributed by atoms with E-state index in [1.165, 1.54) is 0 Å². The molecule has 0 spiro atoms. The normalized spacial score (nSPS) is 10.6. The Morgan fingerprint density at radius 1 is 1.14 bits per heavy atom. The lowest BCUT2D eigenvalue weighted by molar-refractivity contribution is 0.199. The quantitative estimate of drug-likeness (QED) is 0.601. The standard InChI is InChI=1S/C16H27NO3S/c1-4-8-19-15-6-5-14(13-17-7-9-18-2)16(12-15)20-10-11-21-3/h5-6,12,17H,4,7-11,13H2,1-3H3. The first-order chi connectivity index (χ1) is 10.3. The van der Waals surface area contributed by atoms with Crippen LogP contribution in [-0.4, -0.2) is 45.5 Å². The molecule has 0 fully saturated rings. The molecule has 0 heterocycles. The number of rotatable bonds is 12. The van der Waals surface area contributed by atoms with Crippen LogP contribution in [0.1, 0.15) is 18.9 Å². The van der Waals surface area contributed by atoms with Gasteiger partial charge >= 0.3 is 0 Å². The zero-order valence-corrected chi connectivity index (χ0v) is 14.1. The molecule has 0 bridgehead atoms. The molecule has 1 aromatic carbocycles. The van der Waals surface area contributed by atoms with Crippen molar-refractivity contribution in [3.05, 3.63) is 23.8 Å². The van der Waals surface area contributed by atoms with Crippen LogP contribution in [0.25, 0.3) is 0 Å². The van der Waals surface area contributed by atoms with Crippen LogP contribution in [0.2, 0.25) is 0 Å². The van der Waals surface area contributed by atoms with Crippen LogP contribution in [0.3, 0.4) is 0 Å². The van der Waals surface area contributed by atoms with Gasteiger partial charge < -0.3 is 19.5 Å². The topological polar surface area (TPSA) is 39.7 Å². The van der Waals surface area contributed by atoms with Crippen molar-refractivity contribution < 1.29 is 14.2 Å². The van der Waals surface area contributed by atoms with E-state index in [0.29, 0.717) is 13.2 Å². The molecule has 1 rings (SSSR count). The monoisotopic (exact) mass is 313 g/mol.